The van der Waals surface area contributed by atoms with E-state index in [1.165, 1.54) is 5.56 Å². The average molecular weight is 174 g/mol. The first-order chi connectivity index (χ1) is 6.33. The highest BCUT2D eigenvalue weighted by atomic mass is 15.3. The fourth-order valence-electron chi connectivity index (χ4n) is 0.897. The summed E-state index contributed by atoms with van der Waals surface area (Å²) in [6.07, 6.45) is 1.72. The lowest BCUT2D eigenvalue weighted by Gasteiger charge is -2.00. The van der Waals surface area contributed by atoms with Gasteiger partial charge in [-0.05, 0) is 18.6 Å². The van der Waals surface area contributed by atoms with Gasteiger partial charge in [-0.25, -0.2) is 0 Å². The molecule has 1 aromatic rings. The van der Waals surface area contributed by atoms with Crippen LogP contribution in [0, 0.1) is 0 Å². The van der Waals surface area contributed by atoms with Crippen LogP contribution in [0.3, 0.4) is 0 Å². The predicted octanol–water partition coefficient (Wildman–Crippen LogP) is 2.34. The zero-order valence-corrected chi connectivity index (χ0v) is 7.83. The molecule has 0 amide bonds. The normalized spacial score (nSPS) is 11.0. The molecule has 0 aliphatic carbocycles. The molecule has 0 unspecified atom stereocenters. The first-order valence-electron chi connectivity index (χ1n) is 4.26. The van der Waals surface area contributed by atoms with E-state index < -0.39 is 0 Å². The van der Waals surface area contributed by atoms with Crippen molar-refractivity contribution in [3.05, 3.63) is 48.6 Å². The quantitative estimate of drug-likeness (QED) is 0.550. The van der Waals surface area contributed by atoms with E-state index in [1.807, 2.05) is 25.1 Å². The van der Waals surface area contributed by atoms with Crippen molar-refractivity contribution in [3.8, 4) is 0 Å². The average Bonchev–Trinajstić information content (AvgIpc) is 2.19. The number of hydrogen-bond donors (Lipinski definition) is 1. The molecule has 1 aromatic carbocycles. The Morgan fingerprint density at radius 2 is 2.15 bits per heavy atom. The predicted molar refractivity (Wildman–Crippen MR) is 56.6 cm³/mol. The van der Waals surface area contributed by atoms with Crippen molar-refractivity contribution in [2.45, 2.75) is 13.5 Å². The van der Waals surface area contributed by atoms with Crippen LogP contribution in [0.1, 0.15) is 12.5 Å². The van der Waals surface area contributed by atoms with Crippen LogP contribution >= 0.6 is 0 Å². The van der Waals surface area contributed by atoms with Gasteiger partial charge in [0.25, 0.3) is 0 Å². The Kier molecular flexibility index (Phi) is 3.76. The molecule has 68 valence electrons. The molecule has 0 saturated heterocycles. The van der Waals surface area contributed by atoms with E-state index in [2.05, 4.69) is 29.2 Å². The van der Waals surface area contributed by atoms with Crippen LogP contribution < -0.4 is 5.43 Å². The molecule has 1 N–H and O–H groups in total. The summed E-state index contributed by atoms with van der Waals surface area (Å²) in [5.41, 5.74) is 5.09. The van der Waals surface area contributed by atoms with Gasteiger partial charge in [0.1, 0.15) is 0 Å². The van der Waals surface area contributed by atoms with Gasteiger partial charge in [0.05, 0.1) is 12.3 Å². The molecule has 0 saturated carbocycles. The minimum absolute atomic E-state index is 0.756. The molecule has 0 fully saturated rings. The third kappa shape index (κ3) is 3.56. The maximum absolute atomic E-state index is 4.09. The lowest BCUT2D eigenvalue weighted by atomic mass is 10.2. The van der Waals surface area contributed by atoms with Crippen LogP contribution in [0.15, 0.2) is 48.1 Å². The molecule has 0 radical (unpaired) electrons. The highest BCUT2D eigenvalue weighted by Crippen LogP contribution is 1.96. The SMILES string of the molecule is C=C/C(C)=N\NCc1ccccc1. The molecule has 1 rings (SSSR count). The Bertz CT molecular complexity index is 288. The summed E-state index contributed by atoms with van der Waals surface area (Å²) >= 11 is 0. The number of allylic oxidation sites excluding steroid dienone is 1. The van der Waals surface area contributed by atoms with Crippen LogP contribution in [0.4, 0.5) is 0 Å². The monoisotopic (exact) mass is 174 g/mol. The van der Waals surface area contributed by atoms with E-state index >= 15 is 0 Å². The lowest BCUT2D eigenvalue weighted by molar-refractivity contribution is 0.744. The first kappa shape index (κ1) is 9.52. The molecule has 13 heavy (non-hydrogen) atoms. The largest absolute Gasteiger partial charge is 0.305 e. The Balaban J connectivity index is 2.40. The maximum atomic E-state index is 4.09. The second kappa shape index (κ2) is 5.14. The Labute approximate surface area is 79.0 Å². The molecule has 0 heterocycles. The van der Waals surface area contributed by atoms with Crippen LogP contribution in [-0.2, 0) is 6.54 Å². The van der Waals surface area contributed by atoms with Crippen molar-refractivity contribution in [1.29, 1.82) is 0 Å². The van der Waals surface area contributed by atoms with Crippen LogP contribution in [-0.4, -0.2) is 5.71 Å². The molecular weight excluding hydrogens is 160 g/mol. The van der Waals surface area contributed by atoms with Crippen molar-refractivity contribution in [3.63, 3.8) is 0 Å². The van der Waals surface area contributed by atoms with Crippen LogP contribution in [0.5, 0.6) is 0 Å². The van der Waals surface area contributed by atoms with Gasteiger partial charge in [-0.2, -0.15) is 5.10 Å². The van der Waals surface area contributed by atoms with E-state index in [-0.39, 0.29) is 0 Å². The van der Waals surface area contributed by atoms with Gasteiger partial charge in [0.2, 0.25) is 0 Å². The summed E-state index contributed by atoms with van der Waals surface area (Å²) in [6, 6.07) is 10.2. The molecule has 2 heteroatoms. The molecule has 0 atom stereocenters. The number of rotatable bonds is 4. The second-order valence-corrected chi connectivity index (χ2v) is 2.78. The maximum Gasteiger partial charge on any atom is 0.0580 e. The molecule has 0 aliphatic rings. The molecular formula is C11H14N2. The molecule has 0 aliphatic heterocycles. The fraction of sp³-hybridized carbons (Fsp3) is 0.182. The third-order valence-electron chi connectivity index (χ3n) is 1.68. The number of hydrazone groups is 1. The zero-order valence-electron chi connectivity index (χ0n) is 7.83. The van der Waals surface area contributed by atoms with Crippen molar-refractivity contribution in [2.75, 3.05) is 0 Å². The Morgan fingerprint density at radius 3 is 2.77 bits per heavy atom. The van der Waals surface area contributed by atoms with E-state index in [9.17, 15) is 0 Å². The third-order valence-corrected chi connectivity index (χ3v) is 1.68. The summed E-state index contributed by atoms with van der Waals surface area (Å²) in [4.78, 5) is 0. The van der Waals surface area contributed by atoms with Crippen molar-refractivity contribution in [1.82, 2.24) is 5.43 Å². The van der Waals surface area contributed by atoms with Gasteiger partial charge in [-0.15, -0.1) is 0 Å². The lowest BCUT2D eigenvalue weighted by Crippen LogP contribution is -2.07. The minimum atomic E-state index is 0.756. The molecule has 2 nitrogen and oxygen atoms in total. The molecule has 0 bridgehead atoms. The topological polar surface area (TPSA) is 24.4 Å². The smallest absolute Gasteiger partial charge is 0.0580 e. The van der Waals surface area contributed by atoms with Crippen LogP contribution in [0.25, 0.3) is 0 Å². The number of nitrogens with one attached hydrogen (secondary N) is 1. The van der Waals surface area contributed by atoms with E-state index in [0.717, 1.165) is 12.3 Å². The van der Waals surface area contributed by atoms with E-state index in [1.54, 1.807) is 6.08 Å². The van der Waals surface area contributed by atoms with Crippen molar-refractivity contribution < 1.29 is 0 Å². The minimum Gasteiger partial charge on any atom is -0.305 e. The van der Waals surface area contributed by atoms with Crippen LogP contribution in [0.2, 0.25) is 0 Å². The summed E-state index contributed by atoms with van der Waals surface area (Å²) in [5, 5.41) is 4.09. The van der Waals surface area contributed by atoms with E-state index in [4.69, 9.17) is 0 Å². The number of hydrogen-bond acceptors (Lipinski definition) is 2. The second-order valence-electron chi connectivity index (χ2n) is 2.78. The van der Waals surface area contributed by atoms with Crippen molar-refractivity contribution in [2.24, 2.45) is 5.10 Å². The standard InChI is InChI=1S/C11H14N2/c1-3-10(2)13-12-9-11-7-5-4-6-8-11/h3-8,12H,1,9H2,2H3/b13-10-. The van der Waals surface area contributed by atoms with Gasteiger partial charge < -0.3 is 5.43 Å². The van der Waals surface area contributed by atoms with Gasteiger partial charge in [-0.1, -0.05) is 36.9 Å². The summed E-state index contributed by atoms with van der Waals surface area (Å²) in [5.74, 6) is 0. The van der Waals surface area contributed by atoms with Gasteiger partial charge in [-0.3, -0.25) is 0 Å². The first-order valence-corrected chi connectivity index (χ1v) is 4.26. The Morgan fingerprint density at radius 1 is 1.46 bits per heavy atom. The Hall–Kier alpha value is -1.57. The van der Waals surface area contributed by atoms with Gasteiger partial charge >= 0.3 is 0 Å². The van der Waals surface area contributed by atoms with Gasteiger partial charge in [0, 0.05) is 0 Å². The van der Waals surface area contributed by atoms with Gasteiger partial charge in [0.15, 0.2) is 0 Å². The zero-order chi connectivity index (χ0) is 9.52. The number of benzene rings is 1. The summed E-state index contributed by atoms with van der Waals surface area (Å²) in [6.45, 7) is 6.28. The summed E-state index contributed by atoms with van der Waals surface area (Å²) < 4.78 is 0. The molecule has 0 spiro atoms. The number of nitrogens with zero attached hydrogens (tertiary/aromatic N) is 1. The summed E-state index contributed by atoms with van der Waals surface area (Å²) in [7, 11) is 0. The highest BCUT2D eigenvalue weighted by molar-refractivity contribution is 5.91. The fourth-order valence-corrected chi connectivity index (χ4v) is 0.897. The van der Waals surface area contributed by atoms with E-state index in [0.29, 0.717) is 0 Å². The molecule has 0 aromatic heterocycles. The highest BCUT2D eigenvalue weighted by Gasteiger charge is 1.87. The van der Waals surface area contributed by atoms with Crippen molar-refractivity contribution >= 4 is 5.71 Å².